The van der Waals surface area contributed by atoms with E-state index in [0.717, 1.165) is 21.9 Å². The Morgan fingerprint density at radius 1 is 0.765 bits per heavy atom. The summed E-state index contributed by atoms with van der Waals surface area (Å²) in [5.41, 5.74) is 2.61. The lowest BCUT2D eigenvalue weighted by atomic mass is 10.0. The summed E-state index contributed by atoms with van der Waals surface area (Å²) in [6.45, 7) is 0.611. The molecule has 2 aromatic heterocycles. The van der Waals surface area contributed by atoms with Crippen LogP contribution < -0.4 is 5.56 Å². The third kappa shape index (κ3) is 3.24. The standard InChI is InChI=1S/C27H19N3O3S/c31-25-20-8-3-4-9-21(20)26(32)30(25)13-5-12-29-16-28-24-23(27(29)33)22(15-34-24)19-11-10-17-6-1-2-7-18(17)14-19/h1-4,6-11,14-16H,5,12-13H2. The molecule has 1 aliphatic heterocycles. The first-order chi connectivity index (χ1) is 16.6. The normalized spacial score (nSPS) is 13.2. The lowest BCUT2D eigenvalue weighted by molar-refractivity contribution is 0.0650. The second-order valence-corrected chi connectivity index (χ2v) is 9.15. The van der Waals surface area contributed by atoms with Crippen LogP contribution >= 0.6 is 11.3 Å². The first kappa shape index (κ1) is 20.5. The number of amides is 2. The van der Waals surface area contributed by atoms with E-state index in [-0.39, 0.29) is 23.9 Å². The van der Waals surface area contributed by atoms with Gasteiger partial charge in [-0.3, -0.25) is 23.9 Å². The molecular formula is C27H19N3O3S. The quantitative estimate of drug-likeness (QED) is 0.344. The fourth-order valence-corrected chi connectivity index (χ4v) is 5.44. The first-order valence-electron chi connectivity index (χ1n) is 11.0. The Bertz CT molecular complexity index is 1630. The van der Waals surface area contributed by atoms with Gasteiger partial charge in [-0.1, -0.05) is 48.5 Å². The maximum absolute atomic E-state index is 13.4. The Balaban J connectivity index is 1.27. The largest absolute Gasteiger partial charge is 0.299 e. The summed E-state index contributed by atoms with van der Waals surface area (Å²) in [6, 6.07) is 21.2. The average molecular weight is 466 g/mol. The zero-order valence-electron chi connectivity index (χ0n) is 18.1. The molecule has 2 amide bonds. The van der Waals surface area contributed by atoms with Gasteiger partial charge in [-0.15, -0.1) is 11.3 Å². The van der Waals surface area contributed by atoms with Gasteiger partial charge in [0.15, 0.2) is 0 Å². The van der Waals surface area contributed by atoms with E-state index in [1.54, 1.807) is 35.2 Å². The van der Waals surface area contributed by atoms with Gasteiger partial charge in [0.1, 0.15) is 4.83 Å². The number of imide groups is 1. The molecule has 5 aromatic rings. The topological polar surface area (TPSA) is 72.3 Å². The third-order valence-electron chi connectivity index (χ3n) is 6.28. The number of carbonyl (C=O) groups is 2. The smallest absolute Gasteiger partial charge is 0.262 e. The molecule has 0 N–H and O–H groups in total. The van der Waals surface area contributed by atoms with Crippen LogP contribution in [0.25, 0.3) is 32.1 Å². The summed E-state index contributed by atoms with van der Waals surface area (Å²) >= 11 is 1.45. The Morgan fingerprint density at radius 3 is 2.24 bits per heavy atom. The lowest BCUT2D eigenvalue weighted by Gasteiger charge is -2.14. The third-order valence-corrected chi connectivity index (χ3v) is 7.17. The highest BCUT2D eigenvalue weighted by atomic mass is 32.1. The molecule has 0 atom stereocenters. The summed E-state index contributed by atoms with van der Waals surface area (Å²) < 4.78 is 1.57. The van der Waals surface area contributed by atoms with Crippen molar-refractivity contribution >= 4 is 44.1 Å². The SMILES string of the molecule is O=C1c2ccccc2C(=O)N1CCCn1cnc2scc(-c3ccc4ccccc4c3)c2c1=O. The molecule has 166 valence electrons. The zero-order chi connectivity index (χ0) is 23.2. The molecule has 3 heterocycles. The molecule has 1 aliphatic rings. The number of aryl methyl sites for hydroxylation is 1. The van der Waals surface area contributed by atoms with Crippen molar-refractivity contribution in [1.29, 1.82) is 0 Å². The van der Waals surface area contributed by atoms with Crippen molar-refractivity contribution in [2.45, 2.75) is 13.0 Å². The average Bonchev–Trinajstić information content (AvgIpc) is 3.41. The van der Waals surface area contributed by atoms with Crippen LogP contribution in [-0.2, 0) is 6.54 Å². The summed E-state index contributed by atoms with van der Waals surface area (Å²) in [6.07, 6.45) is 2.02. The highest BCUT2D eigenvalue weighted by Crippen LogP contribution is 2.32. The lowest BCUT2D eigenvalue weighted by Crippen LogP contribution is -2.32. The Hall–Kier alpha value is -4.10. The molecule has 34 heavy (non-hydrogen) atoms. The van der Waals surface area contributed by atoms with E-state index in [0.29, 0.717) is 34.3 Å². The second-order valence-electron chi connectivity index (χ2n) is 8.30. The van der Waals surface area contributed by atoms with E-state index in [2.05, 4.69) is 29.2 Å². The van der Waals surface area contributed by atoms with Crippen LogP contribution in [0.5, 0.6) is 0 Å². The summed E-state index contributed by atoms with van der Waals surface area (Å²) in [5.74, 6) is -0.559. The highest BCUT2D eigenvalue weighted by Gasteiger charge is 2.34. The van der Waals surface area contributed by atoms with Crippen molar-refractivity contribution < 1.29 is 9.59 Å². The van der Waals surface area contributed by atoms with Gasteiger partial charge in [-0.05, 0) is 41.0 Å². The van der Waals surface area contributed by atoms with Gasteiger partial charge in [-0.2, -0.15) is 0 Å². The van der Waals surface area contributed by atoms with Crippen molar-refractivity contribution in [2.75, 3.05) is 6.54 Å². The van der Waals surface area contributed by atoms with Gasteiger partial charge >= 0.3 is 0 Å². The molecule has 0 aliphatic carbocycles. The predicted octanol–water partition coefficient (Wildman–Crippen LogP) is 4.96. The minimum Gasteiger partial charge on any atom is -0.299 e. The van der Waals surface area contributed by atoms with Crippen molar-refractivity contribution in [3.8, 4) is 11.1 Å². The highest BCUT2D eigenvalue weighted by molar-refractivity contribution is 7.17. The molecule has 0 fully saturated rings. The van der Waals surface area contributed by atoms with Crippen LogP contribution in [0, 0.1) is 0 Å². The molecule has 3 aromatic carbocycles. The van der Waals surface area contributed by atoms with Gasteiger partial charge in [0.25, 0.3) is 17.4 Å². The maximum atomic E-state index is 13.4. The molecular weight excluding hydrogens is 446 g/mol. The van der Waals surface area contributed by atoms with Crippen LogP contribution in [0.2, 0.25) is 0 Å². The molecule has 0 saturated heterocycles. The number of hydrogen-bond donors (Lipinski definition) is 0. The second kappa shape index (κ2) is 8.04. The minimum atomic E-state index is -0.280. The van der Waals surface area contributed by atoms with E-state index in [4.69, 9.17) is 0 Å². The van der Waals surface area contributed by atoms with Crippen LogP contribution in [0.3, 0.4) is 0 Å². The van der Waals surface area contributed by atoms with Gasteiger partial charge in [0, 0.05) is 24.0 Å². The van der Waals surface area contributed by atoms with Crippen molar-refractivity contribution in [3.05, 3.63) is 99.9 Å². The minimum absolute atomic E-state index is 0.114. The first-order valence-corrected chi connectivity index (χ1v) is 11.9. The molecule has 0 saturated carbocycles. The Morgan fingerprint density at radius 2 is 1.47 bits per heavy atom. The number of benzene rings is 3. The molecule has 0 radical (unpaired) electrons. The molecule has 7 heteroatoms. The molecule has 0 spiro atoms. The summed E-state index contributed by atoms with van der Waals surface area (Å²) in [4.78, 5) is 45.0. The van der Waals surface area contributed by atoms with E-state index in [9.17, 15) is 14.4 Å². The number of fused-ring (bicyclic) bond motifs is 3. The molecule has 6 nitrogen and oxygen atoms in total. The Kier molecular flexibility index (Phi) is 4.85. The summed E-state index contributed by atoms with van der Waals surface area (Å²) in [7, 11) is 0. The van der Waals surface area contributed by atoms with Crippen molar-refractivity contribution in [3.63, 3.8) is 0 Å². The van der Waals surface area contributed by atoms with E-state index >= 15 is 0 Å². The zero-order valence-corrected chi connectivity index (χ0v) is 18.9. The van der Waals surface area contributed by atoms with Gasteiger partial charge in [-0.25, -0.2) is 4.98 Å². The van der Waals surface area contributed by atoms with E-state index < -0.39 is 0 Å². The Labute approximate surface area is 198 Å². The monoisotopic (exact) mass is 465 g/mol. The number of nitrogens with zero attached hydrogens (tertiary/aromatic N) is 3. The fraction of sp³-hybridized carbons (Fsp3) is 0.111. The van der Waals surface area contributed by atoms with Crippen LogP contribution in [0.15, 0.2) is 83.2 Å². The number of aromatic nitrogens is 2. The van der Waals surface area contributed by atoms with E-state index in [1.165, 1.54) is 16.2 Å². The van der Waals surface area contributed by atoms with Gasteiger partial charge < -0.3 is 0 Å². The number of thiophene rings is 1. The van der Waals surface area contributed by atoms with Crippen LogP contribution in [0.1, 0.15) is 27.1 Å². The number of carbonyl (C=O) groups excluding carboxylic acids is 2. The molecule has 6 rings (SSSR count). The van der Waals surface area contributed by atoms with Gasteiger partial charge in [0.2, 0.25) is 0 Å². The van der Waals surface area contributed by atoms with Crippen molar-refractivity contribution in [1.82, 2.24) is 14.5 Å². The van der Waals surface area contributed by atoms with Crippen LogP contribution in [-0.4, -0.2) is 32.8 Å². The number of hydrogen-bond acceptors (Lipinski definition) is 5. The van der Waals surface area contributed by atoms with E-state index in [1.807, 2.05) is 23.6 Å². The number of rotatable bonds is 5. The van der Waals surface area contributed by atoms with Crippen LogP contribution in [0.4, 0.5) is 0 Å². The molecule has 0 unspecified atom stereocenters. The van der Waals surface area contributed by atoms with Gasteiger partial charge in [0.05, 0.1) is 22.8 Å². The predicted molar refractivity (Wildman–Crippen MR) is 133 cm³/mol. The molecule has 0 bridgehead atoms. The maximum Gasteiger partial charge on any atom is 0.262 e. The fourth-order valence-electron chi connectivity index (χ4n) is 4.54. The van der Waals surface area contributed by atoms with Crippen molar-refractivity contribution in [2.24, 2.45) is 0 Å². The summed E-state index contributed by atoms with van der Waals surface area (Å²) in [5, 5.41) is 4.84.